The number of carbonyl (C=O) groups excluding carboxylic acids is 2. The van der Waals surface area contributed by atoms with E-state index in [1.165, 1.54) is 13.1 Å². The fourth-order valence-corrected chi connectivity index (χ4v) is 3.00. The Morgan fingerprint density at radius 1 is 1.06 bits per heavy atom. The highest BCUT2D eigenvalue weighted by Crippen LogP contribution is 2.20. The van der Waals surface area contributed by atoms with Crippen LogP contribution in [-0.4, -0.2) is 50.1 Å². The monoisotopic (exact) mass is 449 g/mol. The molecule has 33 heavy (non-hydrogen) atoms. The highest BCUT2D eigenvalue weighted by Gasteiger charge is 2.27. The van der Waals surface area contributed by atoms with Gasteiger partial charge in [0, 0.05) is 17.7 Å². The molecule has 2 amide bonds. The van der Waals surface area contributed by atoms with Crippen LogP contribution in [0.1, 0.15) is 33.3 Å². The molecular weight excluding hydrogens is 426 g/mol. The summed E-state index contributed by atoms with van der Waals surface area (Å²) in [6, 6.07) is 14.5. The second-order valence-corrected chi connectivity index (χ2v) is 7.27. The third-order valence-electron chi connectivity index (χ3n) is 4.77. The highest BCUT2D eigenvalue weighted by molar-refractivity contribution is 5.99. The molecule has 0 spiro atoms. The molecule has 170 valence electrons. The predicted octanol–water partition coefficient (Wildman–Crippen LogP) is 1.22. The number of aromatic nitrogens is 2. The van der Waals surface area contributed by atoms with Gasteiger partial charge in [-0.1, -0.05) is 42.5 Å². The first-order valence-corrected chi connectivity index (χ1v) is 10.0. The topological polar surface area (TPSA) is 168 Å². The Morgan fingerprint density at radius 2 is 1.79 bits per heavy atom. The smallest absolute Gasteiger partial charge is 0.328 e. The van der Waals surface area contributed by atoms with Gasteiger partial charge in [0.1, 0.15) is 0 Å². The van der Waals surface area contributed by atoms with Crippen LogP contribution in [-0.2, 0) is 11.3 Å². The number of hydrogen-bond donors (Lipinski definition) is 5. The Hall–Kier alpha value is -4.31. The number of carbonyl (C=O) groups is 3. The van der Waals surface area contributed by atoms with Crippen molar-refractivity contribution in [2.45, 2.75) is 25.6 Å². The first-order chi connectivity index (χ1) is 15.8. The van der Waals surface area contributed by atoms with Crippen molar-refractivity contribution in [3.8, 4) is 11.3 Å². The van der Waals surface area contributed by atoms with Crippen LogP contribution in [0.2, 0.25) is 0 Å². The van der Waals surface area contributed by atoms with E-state index in [9.17, 15) is 19.5 Å². The standard InChI is InChI=1S/C23H23N5O5/c1-13(29)18(23(32)33)28-22(31)19-20(24)25-12-17(27-19)15-8-5-9-16(10-15)21(30)26-11-14-6-3-2-4-7-14/h2-10,12-13,18,29H,11H2,1H3,(H2,24,25)(H,26,30)(H,28,31)(H,32,33). The number of carboxylic acid groups (broad SMARTS) is 1. The minimum absolute atomic E-state index is 0.206. The Kier molecular flexibility index (Phi) is 7.31. The first-order valence-electron chi connectivity index (χ1n) is 10.0. The zero-order chi connectivity index (χ0) is 24.0. The fourth-order valence-electron chi connectivity index (χ4n) is 3.00. The number of aliphatic hydroxyl groups excluding tert-OH is 1. The number of aliphatic carboxylic acids is 1. The highest BCUT2D eigenvalue weighted by atomic mass is 16.4. The number of nitrogens with zero attached hydrogens (tertiary/aromatic N) is 2. The maximum atomic E-state index is 12.6. The lowest BCUT2D eigenvalue weighted by molar-refractivity contribution is -0.141. The minimum atomic E-state index is -1.54. The molecule has 2 atom stereocenters. The van der Waals surface area contributed by atoms with Gasteiger partial charge in [0.25, 0.3) is 11.8 Å². The molecule has 0 aliphatic rings. The molecule has 10 nitrogen and oxygen atoms in total. The predicted molar refractivity (Wildman–Crippen MR) is 120 cm³/mol. The van der Waals surface area contributed by atoms with Gasteiger partial charge in [-0.3, -0.25) is 9.59 Å². The van der Waals surface area contributed by atoms with Crippen molar-refractivity contribution in [2.75, 3.05) is 5.73 Å². The molecule has 1 heterocycles. The van der Waals surface area contributed by atoms with E-state index < -0.39 is 24.0 Å². The SMILES string of the molecule is CC(O)C(NC(=O)c1nc(-c2cccc(C(=O)NCc3ccccc3)c2)cnc1N)C(=O)O. The first kappa shape index (κ1) is 23.4. The Labute approximate surface area is 189 Å². The number of rotatable bonds is 8. The van der Waals surface area contributed by atoms with Crippen molar-refractivity contribution in [1.29, 1.82) is 0 Å². The van der Waals surface area contributed by atoms with Gasteiger partial charge >= 0.3 is 5.97 Å². The second kappa shape index (κ2) is 10.3. The van der Waals surface area contributed by atoms with E-state index in [0.717, 1.165) is 5.56 Å². The lowest BCUT2D eigenvalue weighted by Crippen LogP contribution is -2.48. The van der Waals surface area contributed by atoms with E-state index in [-0.39, 0.29) is 23.1 Å². The Bertz CT molecular complexity index is 1170. The van der Waals surface area contributed by atoms with Gasteiger partial charge < -0.3 is 26.6 Å². The number of carboxylic acids is 1. The average Bonchev–Trinajstić information content (AvgIpc) is 2.81. The van der Waals surface area contributed by atoms with Crippen molar-refractivity contribution in [3.63, 3.8) is 0 Å². The van der Waals surface area contributed by atoms with Gasteiger partial charge in [0.2, 0.25) is 0 Å². The number of nitrogens with two attached hydrogens (primary N) is 1. The summed E-state index contributed by atoms with van der Waals surface area (Å²) in [5.74, 6) is -2.80. The summed E-state index contributed by atoms with van der Waals surface area (Å²) in [6.45, 7) is 1.60. The summed E-state index contributed by atoms with van der Waals surface area (Å²) >= 11 is 0. The van der Waals surface area contributed by atoms with Gasteiger partial charge in [-0.25, -0.2) is 14.8 Å². The Morgan fingerprint density at radius 3 is 2.45 bits per heavy atom. The van der Waals surface area contributed by atoms with Crippen molar-refractivity contribution in [3.05, 3.63) is 77.6 Å². The fraction of sp³-hybridized carbons (Fsp3) is 0.174. The van der Waals surface area contributed by atoms with Crippen LogP contribution < -0.4 is 16.4 Å². The number of benzene rings is 2. The zero-order valence-corrected chi connectivity index (χ0v) is 17.7. The van der Waals surface area contributed by atoms with E-state index >= 15 is 0 Å². The minimum Gasteiger partial charge on any atom is -0.480 e. The summed E-state index contributed by atoms with van der Waals surface area (Å²) in [5.41, 5.74) is 7.58. The number of amides is 2. The van der Waals surface area contributed by atoms with Crippen LogP contribution in [0.4, 0.5) is 5.82 Å². The lowest BCUT2D eigenvalue weighted by atomic mass is 10.1. The maximum Gasteiger partial charge on any atom is 0.328 e. The molecule has 10 heteroatoms. The largest absolute Gasteiger partial charge is 0.480 e. The third kappa shape index (κ3) is 5.89. The number of aliphatic hydroxyl groups is 1. The van der Waals surface area contributed by atoms with E-state index in [1.807, 2.05) is 30.3 Å². The summed E-state index contributed by atoms with van der Waals surface area (Å²) < 4.78 is 0. The molecule has 3 rings (SSSR count). The second-order valence-electron chi connectivity index (χ2n) is 7.27. The molecule has 0 fully saturated rings. The van der Waals surface area contributed by atoms with Gasteiger partial charge in [-0.05, 0) is 24.6 Å². The molecule has 3 aromatic rings. The molecule has 0 bridgehead atoms. The van der Waals surface area contributed by atoms with Crippen LogP contribution in [0.25, 0.3) is 11.3 Å². The lowest BCUT2D eigenvalue weighted by Gasteiger charge is -2.17. The van der Waals surface area contributed by atoms with E-state index in [0.29, 0.717) is 17.7 Å². The quantitative estimate of drug-likeness (QED) is 0.342. The van der Waals surface area contributed by atoms with Crippen LogP contribution in [0.5, 0.6) is 0 Å². The number of hydrogen-bond acceptors (Lipinski definition) is 7. The van der Waals surface area contributed by atoms with E-state index in [2.05, 4.69) is 20.6 Å². The summed E-state index contributed by atoms with van der Waals surface area (Å²) in [4.78, 5) is 44.5. The van der Waals surface area contributed by atoms with Gasteiger partial charge in [0.05, 0.1) is 18.0 Å². The van der Waals surface area contributed by atoms with Gasteiger partial charge in [-0.2, -0.15) is 0 Å². The molecule has 0 radical (unpaired) electrons. The van der Waals surface area contributed by atoms with Crippen molar-refractivity contribution < 1.29 is 24.6 Å². The van der Waals surface area contributed by atoms with Crippen LogP contribution in [0, 0.1) is 0 Å². The molecule has 0 saturated heterocycles. The van der Waals surface area contributed by atoms with Crippen molar-refractivity contribution in [2.24, 2.45) is 0 Å². The number of nitrogen functional groups attached to an aromatic ring is 1. The molecule has 0 aliphatic heterocycles. The molecule has 2 unspecified atom stereocenters. The Balaban J connectivity index is 1.80. The number of nitrogens with one attached hydrogen (secondary N) is 2. The molecule has 1 aromatic heterocycles. The molecule has 2 aromatic carbocycles. The summed E-state index contributed by atoms with van der Waals surface area (Å²) in [7, 11) is 0. The third-order valence-corrected chi connectivity index (χ3v) is 4.77. The van der Waals surface area contributed by atoms with Gasteiger partial charge in [-0.15, -0.1) is 0 Å². The average molecular weight is 449 g/mol. The zero-order valence-electron chi connectivity index (χ0n) is 17.7. The molecule has 0 aliphatic carbocycles. The van der Waals surface area contributed by atoms with E-state index in [4.69, 9.17) is 10.8 Å². The van der Waals surface area contributed by atoms with Gasteiger partial charge in [0.15, 0.2) is 17.6 Å². The normalized spacial score (nSPS) is 12.4. The van der Waals surface area contributed by atoms with Crippen LogP contribution in [0.15, 0.2) is 60.8 Å². The van der Waals surface area contributed by atoms with Crippen LogP contribution in [0.3, 0.4) is 0 Å². The summed E-state index contributed by atoms with van der Waals surface area (Å²) in [5, 5.41) is 23.8. The van der Waals surface area contributed by atoms with Crippen molar-refractivity contribution >= 4 is 23.6 Å². The summed E-state index contributed by atoms with van der Waals surface area (Å²) in [6.07, 6.45) is 0.00564. The molecule has 6 N–H and O–H groups in total. The number of anilines is 1. The van der Waals surface area contributed by atoms with Crippen LogP contribution >= 0.6 is 0 Å². The van der Waals surface area contributed by atoms with E-state index in [1.54, 1.807) is 24.3 Å². The molecular formula is C23H23N5O5. The molecule has 0 saturated carbocycles. The van der Waals surface area contributed by atoms with Crippen molar-refractivity contribution in [1.82, 2.24) is 20.6 Å². The maximum absolute atomic E-state index is 12.6.